The van der Waals surface area contributed by atoms with Gasteiger partial charge in [-0.3, -0.25) is 9.69 Å². The first-order valence-corrected chi connectivity index (χ1v) is 8.66. The lowest BCUT2D eigenvalue weighted by molar-refractivity contribution is -0.118. The summed E-state index contributed by atoms with van der Waals surface area (Å²) in [5.41, 5.74) is 2.54. The van der Waals surface area contributed by atoms with Gasteiger partial charge in [0.25, 0.3) is 0 Å². The molecule has 124 valence electrons. The Bertz CT molecular complexity index is 884. The first kappa shape index (κ1) is 15.2. The van der Waals surface area contributed by atoms with E-state index in [9.17, 15) is 4.79 Å². The van der Waals surface area contributed by atoms with Crippen LogP contribution in [0.2, 0.25) is 0 Å². The molecule has 24 heavy (non-hydrogen) atoms. The molecule has 0 spiro atoms. The number of nitrogens with zero attached hydrogens (tertiary/aromatic N) is 1. The molecule has 0 unspecified atom stereocenters. The van der Waals surface area contributed by atoms with Gasteiger partial charge in [-0.05, 0) is 50.6 Å². The van der Waals surface area contributed by atoms with E-state index in [-0.39, 0.29) is 5.91 Å². The van der Waals surface area contributed by atoms with Crippen molar-refractivity contribution < 1.29 is 9.21 Å². The maximum absolute atomic E-state index is 12.4. The predicted molar refractivity (Wildman–Crippen MR) is 97.2 cm³/mol. The number of fused-ring (bicyclic) bond motifs is 3. The van der Waals surface area contributed by atoms with Gasteiger partial charge in [0.2, 0.25) is 5.91 Å². The molecule has 1 aliphatic heterocycles. The van der Waals surface area contributed by atoms with Crippen LogP contribution < -0.4 is 5.32 Å². The van der Waals surface area contributed by atoms with Gasteiger partial charge in [0.15, 0.2) is 0 Å². The third kappa shape index (κ3) is 2.89. The number of para-hydroxylation sites is 1. The van der Waals surface area contributed by atoms with Crippen LogP contribution in [0.15, 0.2) is 46.9 Å². The summed E-state index contributed by atoms with van der Waals surface area (Å²) in [6.45, 7) is 3.68. The summed E-state index contributed by atoms with van der Waals surface area (Å²) in [6, 6.07) is 14.3. The minimum absolute atomic E-state index is 0.0518. The SMILES string of the molecule is C[C@@H]1CCCCN1CC(=O)Nc1ccc2oc3ccccc3c2c1. The van der Waals surface area contributed by atoms with Gasteiger partial charge in [0, 0.05) is 22.5 Å². The Balaban J connectivity index is 1.53. The van der Waals surface area contributed by atoms with Crippen molar-refractivity contribution in [2.75, 3.05) is 18.4 Å². The fraction of sp³-hybridized carbons (Fsp3) is 0.350. The monoisotopic (exact) mass is 322 g/mol. The molecule has 1 saturated heterocycles. The third-order valence-electron chi connectivity index (χ3n) is 4.95. The molecule has 1 aliphatic rings. The predicted octanol–water partition coefficient (Wildman–Crippen LogP) is 4.40. The average Bonchev–Trinajstić information content (AvgIpc) is 2.95. The van der Waals surface area contributed by atoms with E-state index in [1.54, 1.807) is 0 Å². The van der Waals surface area contributed by atoms with Gasteiger partial charge < -0.3 is 9.73 Å². The van der Waals surface area contributed by atoms with Crippen LogP contribution in [0.1, 0.15) is 26.2 Å². The second kappa shape index (κ2) is 6.29. The quantitative estimate of drug-likeness (QED) is 0.777. The molecule has 4 nitrogen and oxygen atoms in total. The van der Waals surface area contributed by atoms with Gasteiger partial charge in [-0.15, -0.1) is 0 Å². The number of carbonyl (C=O) groups is 1. The standard InChI is InChI=1S/C20H22N2O2/c1-14-6-4-5-11-22(14)13-20(23)21-15-9-10-19-17(12-15)16-7-2-3-8-18(16)24-19/h2-3,7-10,12,14H,4-6,11,13H2,1H3,(H,21,23)/t14-/m1/s1. The maximum Gasteiger partial charge on any atom is 0.238 e. The van der Waals surface area contributed by atoms with Gasteiger partial charge >= 0.3 is 0 Å². The lowest BCUT2D eigenvalue weighted by Gasteiger charge is -2.32. The van der Waals surface area contributed by atoms with Crippen LogP contribution in [-0.4, -0.2) is 29.9 Å². The van der Waals surface area contributed by atoms with E-state index in [4.69, 9.17) is 4.42 Å². The first-order valence-electron chi connectivity index (χ1n) is 8.66. The zero-order chi connectivity index (χ0) is 16.5. The Morgan fingerprint density at radius 2 is 2.00 bits per heavy atom. The lowest BCUT2D eigenvalue weighted by atomic mass is 10.0. The van der Waals surface area contributed by atoms with Crippen molar-refractivity contribution in [3.63, 3.8) is 0 Å². The molecule has 3 aromatic rings. The second-order valence-corrected chi connectivity index (χ2v) is 6.67. The number of hydrogen-bond donors (Lipinski definition) is 1. The van der Waals surface area contributed by atoms with E-state index in [1.165, 1.54) is 19.3 Å². The average molecular weight is 322 g/mol. The first-order chi connectivity index (χ1) is 11.7. The number of benzene rings is 2. The highest BCUT2D eigenvalue weighted by Crippen LogP contribution is 2.30. The highest BCUT2D eigenvalue weighted by atomic mass is 16.3. The van der Waals surface area contributed by atoms with Gasteiger partial charge in [-0.2, -0.15) is 0 Å². The Morgan fingerprint density at radius 3 is 2.88 bits per heavy atom. The van der Waals surface area contributed by atoms with E-state index >= 15 is 0 Å². The van der Waals surface area contributed by atoms with Crippen LogP contribution >= 0.6 is 0 Å². The molecule has 1 fully saturated rings. The largest absolute Gasteiger partial charge is 0.456 e. The molecule has 1 atom stereocenters. The minimum Gasteiger partial charge on any atom is -0.456 e. The van der Waals surface area contributed by atoms with Crippen molar-refractivity contribution in [3.05, 3.63) is 42.5 Å². The van der Waals surface area contributed by atoms with Crippen molar-refractivity contribution in [2.45, 2.75) is 32.2 Å². The zero-order valence-electron chi connectivity index (χ0n) is 13.9. The van der Waals surface area contributed by atoms with Crippen LogP contribution in [0, 0.1) is 0 Å². The smallest absolute Gasteiger partial charge is 0.238 e. The summed E-state index contributed by atoms with van der Waals surface area (Å²) in [7, 11) is 0. The summed E-state index contributed by atoms with van der Waals surface area (Å²) < 4.78 is 5.83. The molecule has 0 radical (unpaired) electrons. The van der Waals surface area contributed by atoms with Gasteiger partial charge in [0.1, 0.15) is 11.2 Å². The van der Waals surface area contributed by atoms with Crippen LogP contribution in [-0.2, 0) is 4.79 Å². The van der Waals surface area contributed by atoms with E-state index in [0.29, 0.717) is 12.6 Å². The van der Waals surface area contributed by atoms with E-state index < -0.39 is 0 Å². The van der Waals surface area contributed by atoms with Crippen molar-refractivity contribution in [3.8, 4) is 0 Å². The highest BCUT2D eigenvalue weighted by molar-refractivity contribution is 6.07. The van der Waals surface area contributed by atoms with Gasteiger partial charge in [-0.1, -0.05) is 24.6 Å². The summed E-state index contributed by atoms with van der Waals surface area (Å²) in [5.74, 6) is 0.0518. The molecule has 2 aromatic carbocycles. The molecule has 0 bridgehead atoms. The Hall–Kier alpha value is -2.33. The van der Waals surface area contributed by atoms with Crippen LogP contribution in [0.25, 0.3) is 21.9 Å². The maximum atomic E-state index is 12.4. The molecule has 4 rings (SSSR count). The van der Waals surface area contributed by atoms with Gasteiger partial charge in [0.05, 0.1) is 6.54 Å². The molecule has 0 saturated carbocycles. The number of likely N-dealkylation sites (tertiary alicyclic amines) is 1. The summed E-state index contributed by atoms with van der Waals surface area (Å²) >= 11 is 0. The number of carbonyl (C=O) groups excluding carboxylic acids is 1. The number of hydrogen-bond acceptors (Lipinski definition) is 3. The van der Waals surface area contributed by atoms with E-state index in [0.717, 1.165) is 34.2 Å². The lowest BCUT2D eigenvalue weighted by Crippen LogP contribution is -2.42. The van der Waals surface area contributed by atoms with Crippen LogP contribution in [0.3, 0.4) is 0 Å². The number of amides is 1. The fourth-order valence-electron chi connectivity index (χ4n) is 3.58. The second-order valence-electron chi connectivity index (χ2n) is 6.67. The number of anilines is 1. The third-order valence-corrected chi connectivity index (χ3v) is 4.95. The van der Waals surface area contributed by atoms with Crippen LogP contribution in [0.4, 0.5) is 5.69 Å². The van der Waals surface area contributed by atoms with E-state index in [1.807, 2.05) is 42.5 Å². The number of piperidine rings is 1. The van der Waals surface area contributed by atoms with Crippen LogP contribution in [0.5, 0.6) is 0 Å². The Labute approximate surface area is 141 Å². The molecule has 2 heterocycles. The molecular weight excluding hydrogens is 300 g/mol. The minimum atomic E-state index is 0.0518. The molecule has 4 heteroatoms. The highest BCUT2D eigenvalue weighted by Gasteiger charge is 2.20. The topological polar surface area (TPSA) is 45.5 Å². The molecule has 1 amide bonds. The van der Waals surface area contributed by atoms with Crippen molar-refractivity contribution in [2.24, 2.45) is 0 Å². The van der Waals surface area contributed by atoms with Gasteiger partial charge in [-0.25, -0.2) is 0 Å². The number of nitrogens with one attached hydrogen (secondary N) is 1. The van der Waals surface area contributed by atoms with Crippen molar-refractivity contribution in [1.82, 2.24) is 4.90 Å². The summed E-state index contributed by atoms with van der Waals surface area (Å²) in [6.07, 6.45) is 3.63. The van der Waals surface area contributed by atoms with E-state index in [2.05, 4.69) is 17.1 Å². The fourth-order valence-corrected chi connectivity index (χ4v) is 3.58. The molecule has 1 aromatic heterocycles. The Kier molecular flexibility index (Phi) is 3.98. The normalized spacial score (nSPS) is 19.0. The summed E-state index contributed by atoms with van der Waals surface area (Å²) in [4.78, 5) is 14.7. The zero-order valence-corrected chi connectivity index (χ0v) is 13.9. The summed E-state index contributed by atoms with van der Waals surface area (Å²) in [5, 5.41) is 5.15. The number of furan rings is 1. The number of rotatable bonds is 3. The van der Waals surface area contributed by atoms with Crippen molar-refractivity contribution >= 4 is 33.5 Å². The Morgan fingerprint density at radius 1 is 1.17 bits per heavy atom. The molecule has 1 N–H and O–H groups in total. The molecular formula is C20H22N2O2. The molecule has 0 aliphatic carbocycles. The van der Waals surface area contributed by atoms with Crippen molar-refractivity contribution in [1.29, 1.82) is 0 Å².